The maximum Gasteiger partial charge on any atom is 0.452 e. The van der Waals surface area contributed by atoms with Crippen LogP contribution in [0.1, 0.15) is 5.82 Å². The highest BCUT2D eigenvalue weighted by atomic mass is 32.1. The fraction of sp³-hybridized carbons (Fsp3) is 0.444. The van der Waals surface area contributed by atoms with Crippen molar-refractivity contribution in [2.24, 2.45) is 0 Å². The lowest BCUT2D eigenvalue weighted by Crippen LogP contribution is -2.07. The molecule has 19 heavy (non-hydrogen) atoms. The maximum atomic E-state index is 12.3. The molecule has 2 heterocycles. The Morgan fingerprint density at radius 2 is 2.26 bits per heavy atom. The monoisotopic (exact) mass is 293 g/mol. The van der Waals surface area contributed by atoms with E-state index in [2.05, 4.69) is 19.8 Å². The number of methoxy groups -OCH3 is 1. The lowest BCUT2D eigenvalue weighted by molar-refractivity contribution is -0.144. The van der Waals surface area contributed by atoms with Gasteiger partial charge in [-0.3, -0.25) is 4.68 Å². The molecule has 2 aromatic heterocycles. The van der Waals surface area contributed by atoms with Crippen molar-refractivity contribution in [3.63, 3.8) is 0 Å². The second-order valence-corrected chi connectivity index (χ2v) is 4.28. The first-order valence-electron chi connectivity index (χ1n) is 5.18. The Hall–Kier alpha value is -1.68. The van der Waals surface area contributed by atoms with Gasteiger partial charge in [0.15, 0.2) is 0 Å². The second-order valence-electron chi connectivity index (χ2n) is 3.53. The van der Waals surface area contributed by atoms with E-state index in [9.17, 15) is 13.2 Å². The molecule has 0 spiro atoms. The predicted molar refractivity (Wildman–Crippen MR) is 62.3 cm³/mol. The number of aromatic nitrogens is 4. The van der Waals surface area contributed by atoms with Gasteiger partial charge in [0.2, 0.25) is 11.0 Å². The third-order valence-corrected chi connectivity index (χ3v) is 2.72. The number of anilines is 2. The molecule has 0 bridgehead atoms. The van der Waals surface area contributed by atoms with Gasteiger partial charge in [0.1, 0.15) is 0 Å². The normalized spacial score (nSPS) is 11.8. The zero-order valence-corrected chi connectivity index (χ0v) is 10.6. The molecule has 6 nitrogen and oxygen atoms in total. The van der Waals surface area contributed by atoms with Gasteiger partial charge >= 0.3 is 6.18 Å². The van der Waals surface area contributed by atoms with Gasteiger partial charge in [-0.1, -0.05) is 0 Å². The Morgan fingerprint density at radius 3 is 2.89 bits per heavy atom. The first-order chi connectivity index (χ1) is 8.99. The summed E-state index contributed by atoms with van der Waals surface area (Å²) in [7, 11) is 1.57. The number of nitrogens with one attached hydrogen (secondary N) is 1. The molecular formula is C9H10F3N5OS. The van der Waals surface area contributed by atoms with Crippen LogP contribution in [0.25, 0.3) is 0 Å². The molecule has 10 heteroatoms. The first kappa shape index (κ1) is 13.7. The van der Waals surface area contributed by atoms with Gasteiger partial charge in [0.25, 0.3) is 0 Å². The Kier molecular flexibility index (Phi) is 4.00. The SMILES string of the molecule is COCCn1cc(Nc2nc(C(F)(F)F)ns2)cn1. The van der Waals surface area contributed by atoms with Crippen molar-refractivity contribution in [1.29, 1.82) is 0 Å². The number of nitrogens with zero attached hydrogens (tertiary/aromatic N) is 4. The van der Waals surface area contributed by atoms with Crippen LogP contribution in [-0.2, 0) is 17.5 Å². The average Bonchev–Trinajstić information content (AvgIpc) is 2.95. The summed E-state index contributed by atoms with van der Waals surface area (Å²) in [4.78, 5) is 3.36. The van der Waals surface area contributed by atoms with Crippen LogP contribution >= 0.6 is 11.5 Å². The Bertz CT molecular complexity index is 538. The summed E-state index contributed by atoms with van der Waals surface area (Å²) in [6.07, 6.45) is -1.39. The minimum absolute atomic E-state index is 0.0682. The standard InChI is InChI=1S/C9H10F3N5OS/c1-18-3-2-17-5-6(4-13-17)14-8-15-7(16-19-8)9(10,11)12/h4-5H,2-3H2,1H3,(H,14,15,16). The van der Waals surface area contributed by atoms with E-state index in [-0.39, 0.29) is 5.13 Å². The summed E-state index contributed by atoms with van der Waals surface area (Å²) >= 11 is 0.644. The minimum Gasteiger partial charge on any atom is -0.383 e. The van der Waals surface area contributed by atoms with E-state index in [1.54, 1.807) is 18.0 Å². The maximum absolute atomic E-state index is 12.3. The van der Waals surface area contributed by atoms with Crippen molar-refractivity contribution in [2.75, 3.05) is 19.0 Å². The molecule has 0 amide bonds. The van der Waals surface area contributed by atoms with E-state index in [1.807, 2.05) is 0 Å². The minimum atomic E-state index is -4.53. The summed E-state index contributed by atoms with van der Waals surface area (Å²) in [5.74, 6) is -1.15. The second kappa shape index (κ2) is 5.53. The van der Waals surface area contributed by atoms with Gasteiger partial charge in [-0.05, 0) is 0 Å². The van der Waals surface area contributed by atoms with Crippen LogP contribution in [0.5, 0.6) is 0 Å². The van der Waals surface area contributed by atoms with E-state index >= 15 is 0 Å². The topological polar surface area (TPSA) is 64.9 Å². The molecule has 0 fully saturated rings. The van der Waals surface area contributed by atoms with Crippen LogP contribution < -0.4 is 5.32 Å². The molecule has 0 saturated carbocycles. The molecule has 2 rings (SSSR count). The van der Waals surface area contributed by atoms with Crippen molar-refractivity contribution in [3.05, 3.63) is 18.2 Å². The molecule has 2 aromatic rings. The first-order valence-corrected chi connectivity index (χ1v) is 5.95. The molecule has 1 N–H and O–H groups in total. The Labute approximate surface area is 110 Å². The van der Waals surface area contributed by atoms with Crippen molar-refractivity contribution in [2.45, 2.75) is 12.7 Å². The molecule has 0 saturated heterocycles. The smallest absolute Gasteiger partial charge is 0.383 e. The lowest BCUT2D eigenvalue weighted by Gasteiger charge is -1.99. The lowest BCUT2D eigenvalue weighted by atomic mass is 10.5. The Balaban J connectivity index is 2.01. The van der Waals surface area contributed by atoms with Gasteiger partial charge in [-0.2, -0.15) is 27.6 Å². The molecule has 0 aliphatic rings. The molecule has 104 valence electrons. The quantitative estimate of drug-likeness (QED) is 0.915. The zero-order valence-electron chi connectivity index (χ0n) is 9.81. The average molecular weight is 293 g/mol. The fourth-order valence-electron chi connectivity index (χ4n) is 1.25. The van der Waals surface area contributed by atoms with Crippen LogP contribution in [0, 0.1) is 0 Å². The van der Waals surface area contributed by atoms with Crippen LogP contribution in [0.15, 0.2) is 12.4 Å². The van der Waals surface area contributed by atoms with E-state index in [0.29, 0.717) is 30.4 Å². The number of alkyl halides is 3. The van der Waals surface area contributed by atoms with Gasteiger partial charge in [0, 0.05) is 24.8 Å². The Morgan fingerprint density at radius 1 is 1.47 bits per heavy atom. The zero-order chi connectivity index (χ0) is 13.9. The summed E-state index contributed by atoms with van der Waals surface area (Å²) < 4.78 is 46.7. The molecule has 0 radical (unpaired) electrons. The molecule has 0 aromatic carbocycles. The number of hydrogen-bond acceptors (Lipinski definition) is 6. The summed E-state index contributed by atoms with van der Waals surface area (Å²) in [6.45, 7) is 1.06. The highest BCUT2D eigenvalue weighted by molar-refractivity contribution is 7.09. The van der Waals surface area contributed by atoms with Crippen LogP contribution in [0.2, 0.25) is 0 Å². The van der Waals surface area contributed by atoms with E-state index in [4.69, 9.17) is 4.74 Å². The largest absolute Gasteiger partial charge is 0.452 e. The van der Waals surface area contributed by atoms with Crippen molar-refractivity contribution in [1.82, 2.24) is 19.1 Å². The molecule has 0 unspecified atom stereocenters. The molecule has 0 atom stereocenters. The summed E-state index contributed by atoms with van der Waals surface area (Å²) in [5, 5.41) is 6.80. The predicted octanol–water partition coefficient (Wildman–Crippen LogP) is 2.14. The highest BCUT2D eigenvalue weighted by Gasteiger charge is 2.36. The molecule has 0 aliphatic heterocycles. The van der Waals surface area contributed by atoms with E-state index < -0.39 is 12.0 Å². The number of hydrogen-bond donors (Lipinski definition) is 1. The fourth-order valence-corrected chi connectivity index (χ4v) is 1.86. The van der Waals surface area contributed by atoms with Gasteiger partial charge in [-0.25, -0.2) is 0 Å². The van der Waals surface area contributed by atoms with Gasteiger partial charge < -0.3 is 10.1 Å². The summed E-state index contributed by atoms with van der Waals surface area (Å²) in [6, 6.07) is 0. The van der Waals surface area contributed by atoms with Crippen LogP contribution in [-0.4, -0.2) is 32.9 Å². The van der Waals surface area contributed by atoms with Crippen molar-refractivity contribution >= 4 is 22.4 Å². The molecule has 0 aliphatic carbocycles. The third kappa shape index (κ3) is 3.64. The van der Waals surface area contributed by atoms with E-state index in [1.165, 1.54) is 6.20 Å². The summed E-state index contributed by atoms with van der Waals surface area (Å²) in [5.41, 5.74) is 0.543. The van der Waals surface area contributed by atoms with E-state index in [0.717, 1.165) is 0 Å². The van der Waals surface area contributed by atoms with Gasteiger partial charge in [0.05, 0.1) is 25.0 Å². The van der Waals surface area contributed by atoms with Crippen LogP contribution in [0.3, 0.4) is 0 Å². The van der Waals surface area contributed by atoms with Crippen LogP contribution in [0.4, 0.5) is 24.0 Å². The van der Waals surface area contributed by atoms with Crippen molar-refractivity contribution < 1.29 is 17.9 Å². The highest BCUT2D eigenvalue weighted by Crippen LogP contribution is 2.29. The van der Waals surface area contributed by atoms with Crippen molar-refractivity contribution in [3.8, 4) is 0 Å². The van der Waals surface area contributed by atoms with Gasteiger partial charge in [-0.15, -0.1) is 0 Å². The number of ether oxygens (including phenoxy) is 1. The number of rotatable bonds is 5. The molecular weight excluding hydrogens is 283 g/mol. The third-order valence-electron chi connectivity index (χ3n) is 2.09. The number of halogens is 3.